The molecule has 1 aromatic carbocycles. The van der Waals surface area contributed by atoms with Gasteiger partial charge in [-0.3, -0.25) is 9.98 Å². The predicted molar refractivity (Wildman–Crippen MR) is 101 cm³/mol. The van der Waals surface area contributed by atoms with Crippen molar-refractivity contribution in [2.24, 2.45) is 10.9 Å². The summed E-state index contributed by atoms with van der Waals surface area (Å²) in [5, 5.41) is 13.7. The number of allylic oxidation sites excluding steroid dienone is 2. The number of hydrogen-bond acceptors (Lipinski definition) is 4. The van der Waals surface area contributed by atoms with Crippen molar-refractivity contribution in [1.29, 1.82) is 5.26 Å². The summed E-state index contributed by atoms with van der Waals surface area (Å²) in [6.45, 7) is 0.768. The summed E-state index contributed by atoms with van der Waals surface area (Å²) in [6, 6.07) is 8.84. The van der Waals surface area contributed by atoms with E-state index in [1.807, 2.05) is 23.1 Å². The molecule has 2 aliphatic rings. The first kappa shape index (κ1) is 15.0. The van der Waals surface area contributed by atoms with Gasteiger partial charge in [-0.25, -0.2) is 4.52 Å². The zero-order valence-corrected chi connectivity index (χ0v) is 14.3. The van der Waals surface area contributed by atoms with E-state index in [0.29, 0.717) is 0 Å². The van der Waals surface area contributed by atoms with E-state index in [9.17, 15) is 0 Å². The summed E-state index contributed by atoms with van der Waals surface area (Å²) in [7, 11) is 0. The van der Waals surface area contributed by atoms with Crippen molar-refractivity contribution >= 4 is 17.3 Å². The lowest BCUT2D eigenvalue weighted by molar-refractivity contribution is 0.603. The fourth-order valence-electron chi connectivity index (χ4n) is 3.83. The molecule has 0 saturated heterocycles. The van der Waals surface area contributed by atoms with Crippen LogP contribution in [0, 0.1) is 17.2 Å². The molecule has 3 aromatic rings. The maximum Gasteiger partial charge on any atom is 0.0999 e. The highest BCUT2D eigenvalue weighted by Crippen LogP contribution is 2.35. The van der Waals surface area contributed by atoms with Gasteiger partial charge in [0.05, 0.1) is 35.9 Å². The van der Waals surface area contributed by atoms with Gasteiger partial charge < -0.3 is 0 Å². The lowest BCUT2D eigenvalue weighted by Gasteiger charge is -2.17. The highest BCUT2D eigenvalue weighted by atomic mass is 15.2. The zero-order chi connectivity index (χ0) is 17.5. The number of hydrogen-bond donors (Lipinski definition) is 0. The molecule has 0 radical (unpaired) electrons. The SMILES string of the molecule is N#CC1CC=C(c2nccn3ncc(-c4ccc5c(c4)C=NC5)c23)CC1. The first-order valence-electron chi connectivity index (χ1n) is 8.88. The largest absolute Gasteiger partial charge is 0.288 e. The van der Waals surface area contributed by atoms with Crippen molar-refractivity contribution in [3.05, 3.63) is 59.7 Å². The van der Waals surface area contributed by atoms with Crippen molar-refractivity contribution < 1.29 is 0 Å². The second-order valence-electron chi connectivity index (χ2n) is 6.84. The monoisotopic (exact) mass is 339 g/mol. The van der Waals surface area contributed by atoms with Crippen LogP contribution in [0.1, 0.15) is 36.1 Å². The molecule has 1 unspecified atom stereocenters. The van der Waals surface area contributed by atoms with Gasteiger partial charge in [-0.15, -0.1) is 0 Å². The second-order valence-corrected chi connectivity index (χ2v) is 6.84. The Labute approximate surface area is 151 Å². The number of rotatable bonds is 2. The fourth-order valence-corrected chi connectivity index (χ4v) is 3.83. The molecule has 1 aliphatic heterocycles. The van der Waals surface area contributed by atoms with E-state index in [1.54, 1.807) is 6.20 Å². The van der Waals surface area contributed by atoms with Crippen molar-refractivity contribution in [1.82, 2.24) is 14.6 Å². The van der Waals surface area contributed by atoms with Gasteiger partial charge in [0.15, 0.2) is 0 Å². The van der Waals surface area contributed by atoms with Crippen LogP contribution in [0.2, 0.25) is 0 Å². The molecule has 1 atom stereocenters. The Balaban J connectivity index is 1.65. The van der Waals surface area contributed by atoms with Crippen LogP contribution in [0.3, 0.4) is 0 Å². The molecule has 3 heterocycles. The minimum atomic E-state index is 0.124. The molecule has 26 heavy (non-hydrogen) atoms. The van der Waals surface area contributed by atoms with Gasteiger partial charge in [0.2, 0.25) is 0 Å². The number of aliphatic imine (C=N–C) groups is 1. The number of aromatic nitrogens is 3. The van der Waals surface area contributed by atoms with Crippen molar-refractivity contribution in [2.75, 3.05) is 0 Å². The summed E-state index contributed by atoms with van der Waals surface area (Å²) >= 11 is 0. The number of nitriles is 1. The van der Waals surface area contributed by atoms with Crippen LogP contribution in [0.15, 0.2) is 47.9 Å². The van der Waals surface area contributed by atoms with E-state index in [0.717, 1.165) is 48.1 Å². The van der Waals surface area contributed by atoms with E-state index >= 15 is 0 Å². The molecular weight excluding hydrogens is 322 g/mol. The molecule has 0 N–H and O–H groups in total. The Kier molecular flexibility index (Phi) is 3.42. The van der Waals surface area contributed by atoms with Gasteiger partial charge in [-0.05, 0) is 47.6 Å². The van der Waals surface area contributed by atoms with Crippen LogP contribution >= 0.6 is 0 Å². The third kappa shape index (κ3) is 2.34. The molecular formula is C21H17N5. The first-order chi connectivity index (χ1) is 12.8. The molecule has 0 bridgehead atoms. The predicted octanol–water partition coefficient (Wildman–Crippen LogP) is 4.04. The van der Waals surface area contributed by atoms with Gasteiger partial charge in [0, 0.05) is 24.2 Å². The van der Waals surface area contributed by atoms with E-state index in [4.69, 9.17) is 5.26 Å². The molecule has 0 saturated carbocycles. The highest BCUT2D eigenvalue weighted by Gasteiger charge is 2.20. The molecule has 0 fully saturated rings. The molecule has 5 rings (SSSR count). The average Bonchev–Trinajstić information content (AvgIpc) is 3.34. The van der Waals surface area contributed by atoms with Crippen LogP contribution in [-0.2, 0) is 6.54 Å². The Hall–Kier alpha value is -3.26. The summed E-state index contributed by atoms with van der Waals surface area (Å²) in [5.74, 6) is 0.124. The van der Waals surface area contributed by atoms with E-state index in [1.165, 1.54) is 16.7 Å². The fraction of sp³-hybridized carbons (Fsp3) is 0.238. The normalized spacial score (nSPS) is 18.6. The maximum atomic E-state index is 9.14. The van der Waals surface area contributed by atoms with Gasteiger partial charge in [-0.2, -0.15) is 10.4 Å². The second kappa shape index (κ2) is 5.92. The summed E-state index contributed by atoms with van der Waals surface area (Å²) < 4.78 is 1.90. The molecule has 0 amide bonds. The third-order valence-corrected chi connectivity index (χ3v) is 5.28. The minimum Gasteiger partial charge on any atom is -0.288 e. The summed E-state index contributed by atoms with van der Waals surface area (Å²) in [5.41, 5.74) is 7.88. The molecule has 0 spiro atoms. The quantitative estimate of drug-likeness (QED) is 0.708. The zero-order valence-electron chi connectivity index (χ0n) is 14.3. The maximum absolute atomic E-state index is 9.14. The Morgan fingerprint density at radius 3 is 3.08 bits per heavy atom. The van der Waals surface area contributed by atoms with E-state index in [-0.39, 0.29) is 5.92 Å². The average molecular weight is 339 g/mol. The van der Waals surface area contributed by atoms with Gasteiger partial charge in [-0.1, -0.05) is 18.2 Å². The summed E-state index contributed by atoms with van der Waals surface area (Å²) in [4.78, 5) is 9.02. The van der Waals surface area contributed by atoms with Gasteiger partial charge >= 0.3 is 0 Å². The van der Waals surface area contributed by atoms with Crippen molar-refractivity contribution in [3.8, 4) is 17.2 Å². The van der Waals surface area contributed by atoms with E-state index in [2.05, 4.69) is 45.4 Å². The van der Waals surface area contributed by atoms with Crippen molar-refractivity contribution in [3.63, 3.8) is 0 Å². The van der Waals surface area contributed by atoms with Gasteiger partial charge in [0.1, 0.15) is 0 Å². The molecule has 126 valence electrons. The highest BCUT2D eigenvalue weighted by molar-refractivity contribution is 5.92. The van der Waals surface area contributed by atoms with Crippen LogP contribution < -0.4 is 0 Å². The molecule has 5 heteroatoms. The molecule has 2 aromatic heterocycles. The van der Waals surface area contributed by atoms with Crippen LogP contribution in [-0.4, -0.2) is 20.8 Å². The number of benzene rings is 1. The van der Waals surface area contributed by atoms with Gasteiger partial charge in [0.25, 0.3) is 0 Å². The lowest BCUT2D eigenvalue weighted by Crippen LogP contribution is -2.05. The topological polar surface area (TPSA) is 66.3 Å². The van der Waals surface area contributed by atoms with Crippen LogP contribution in [0.25, 0.3) is 22.2 Å². The van der Waals surface area contributed by atoms with E-state index < -0.39 is 0 Å². The Bertz CT molecular complexity index is 1110. The number of fused-ring (bicyclic) bond motifs is 2. The lowest BCUT2D eigenvalue weighted by atomic mass is 9.88. The number of nitrogens with zero attached hydrogens (tertiary/aromatic N) is 5. The third-order valence-electron chi connectivity index (χ3n) is 5.28. The smallest absolute Gasteiger partial charge is 0.0999 e. The van der Waals surface area contributed by atoms with Crippen LogP contribution in [0.4, 0.5) is 0 Å². The Morgan fingerprint density at radius 1 is 1.27 bits per heavy atom. The standard InChI is InChI=1S/C21H17N5/c22-10-14-1-3-15(4-2-14)20-21-19(13-25-26(21)8-7-24-20)16-5-6-17-11-23-12-18(17)9-16/h3,5-9,12-14H,1-2,4,11H2. The first-order valence-corrected chi connectivity index (χ1v) is 8.88. The summed E-state index contributed by atoms with van der Waals surface area (Å²) in [6.07, 6.45) is 12.3. The molecule has 5 nitrogen and oxygen atoms in total. The van der Waals surface area contributed by atoms with Crippen molar-refractivity contribution in [2.45, 2.75) is 25.8 Å². The molecule has 1 aliphatic carbocycles. The Morgan fingerprint density at radius 2 is 2.23 bits per heavy atom. The van der Waals surface area contributed by atoms with Crippen LogP contribution in [0.5, 0.6) is 0 Å². The minimum absolute atomic E-state index is 0.124.